The van der Waals surface area contributed by atoms with Gasteiger partial charge in [-0.2, -0.15) is 0 Å². The summed E-state index contributed by atoms with van der Waals surface area (Å²) in [7, 11) is 3.37. The maximum absolute atomic E-state index is 6.19. The second-order valence-corrected chi connectivity index (χ2v) is 9.87. The number of nitrogens with zero attached hydrogens (tertiary/aromatic N) is 3. The molecule has 7 heteroatoms. The summed E-state index contributed by atoms with van der Waals surface area (Å²) in [4.78, 5) is 0. The molecule has 0 saturated heterocycles. The molecule has 182 valence electrons. The molecule has 0 aliphatic rings. The first-order chi connectivity index (χ1) is 17.6. The highest BCUT2D eigenvalue weighted by Crippen LogP contribution is 2.33. The Morgan fingerprint density at radius 2 is 1.56 bits per heavy atom. The van der Waals surface area contributed by atoms with Crippen molar-refractivity contribution in [3.8, 4) is 17.2 Å². The Morgan fingerprint density at radius 1 is 0.833 bits per heavy atom. The predicted octanol–water partition coefficient (Wildman–Crippen LogP) is 7.54. The molecule has 0 aliphatic carbocycles. The highest BCUT2D eigenvalue weighted by atomic mass is 35.5. The Labute approximate surface area is 220 Å². The zero-order chi connectivity index (χ0) is 25.1. The first-order valence-electron chi connectivity index (χ1n) is 11.6. The highest BCUT2D eigenvalue weighted by molar-refractivity contribution is 7.98. The van der Waals surface area contributed by atoms with Crippen LogP contribution in [0.15, 0.2) is 90.1 Å². The van der Waals surface area contributed by atoms with Crippen LogP contribution in [-0.2, 0) is 5.75 Å². The lowest BCUT2D eigenvalue weighted by Crippen LogP contribution is -2.08. The maximum atomic E-state index is 6.19. The van der Waals surface area contributed by atoms with Gasteiger partial charge in [0, 0.05) is 22.4 Å². The van der Waals surface area contributed by atoms with Gasteiger partial charge in [0.25, 0.3) is 0 Å². The van der Waals surface area contributed by atoms with Crippen LogP contribution in [0.25, 0.3) is 16.5 Å². The van der Waals surface area contributed by atoms with E-state index in [-0.39, 0.29) is 5.92 Å². The molecule has 0 aliphatic heterocycles. The Hall–Kier alpha value is -3.48. The van der Waals surface area contributed by atoms with Crippen molar-refractivity contribution in [3.63, 3.8) is 0 Å². The van der Waals surface area contributed by atoms with Crippen molar-refractivity contribution in [2.75, 3.05) is 14.2 Å². The molecule has 5 nitrogen and oxygen atoms in total. The molecule has 5 rings (SSSR count). The fourth-order valence-corrected chi connectivity index (χ4v) is 5.21. The molecule has 36 heavy (non-hydrogen) atoms. The third-order valence-electron chi connectivity index (χ3n) is 6.20. The third-order valence-corrected chi connectivity index (χ3v) is 7.46. The minimum Gasteiger partial charge on any atom is -0.497 e. The number of thioether (sulfide) groups is 1. The van der Waals surface area contributed by atoms with E-state index in [9.17, 15) is 0 Å². The average molecular weight is 516 g/mol. The second-order valence-electron chi connectivity index (χ2n) is 8.49. The minimum absolute atomic E-state index is 0.0193. The summed E-state index contributed by atoms with van der Waals surface area (Å²) in [6.07, 6.45) is 0. The van der Waals surface area contributed by atoms with E-state index in [1.54, 1.807) is 26.0 Å². The van der Waals surface area contributed by atoms with Gasteiger partial charge in [-0.15, -0.1) is 10.2 Å². The summed E-state index contributed by atoms with van der Waals surface area (Å²) < 4.78 is 12.9. The molecule has 1 heterocycles. The molecular weight excluding hydrogens is 490 g/mol. The molecule has 1 atom stereocenters. The number of hydrogen-bond acceptors (Lipinski definition) is 5. The van der Waals surface area contributed by atoms with Crippen molar-refractivity contribution in [3.05, 3.63) is 107 Å². The molecule has 0 N–H and O–H groups in total. The number of rotatable bonds is 8. The predicted molar refractivity (Wildman–Crippen MR) is 147 cm³/mol. The van der Waals surface area contributed by atoms with Crippen molar-refractivity contribution in [1.82, 2.24) is 14.8 Å². The number of methoxy groups -OCH3 is 2. The zero-order valence-electron chi connectivity index (χ0n) is 20.3. The summed E-state index contributed by atoms with van der Waals surface area (Å²) in [6, 6.07) is 28.5. The molecular formula is C29H26ClN3O2S. The van der Waals surface area contributed by atoms with Crippen LogP contribution in [0, 0.1) is 0 Å². The van der Waals surface area contributed by atoms with Crippen LogP contribution in [0.1, 0.15) is 29.8 Å². The molecule has 0 spiro atoms. The van der Waals surface area contributed by atoms with Gasteiger partial charge in [-0.05, 0) is 70.4 Å². The third kappa shape index (κ3) is 5.06. The molecule has 5 aromatic rings. The molecule has 0 fully saturated rings. The summed E-state index contributed by atoms with van der Waals surface area (Å²) in [6.45, 7) is 2.16. The van der Waals surface area contributed by atoms with Crippen molar-refractivity contribution in [2.45, 2.75) is 23.8 Å². The van der Waals surface area contributed by atoms with E-state index in [1.807, 2.05) is 54.6 Å². The molecule has 0 saturated carbocycles. The van der Waals surface area contributed by atoms with E-state index in [4.69, 9.17) is 21.1 Å². The van der Waals surface area contributed by atoms with Crippen LogP contribution in [0.2, 0.25) is 5.02 Å². The van der Waals surface area contributed by atoms with Crippen LogP contribution in [0.3, 0.4) is 0 Å². The first-order valence-corrected chi connectivity index (χ1v) is 13.0. The average Bonchev–Trinajstić information content (AvgIpc) is 3.35. The lowest BCUT2D eigenvalue weighted by atomic mass is 9.97. The smallest absolute Gasteiger partial charge is 0.196 e. The van der Waals surface area contributed by atoms with E-state index >= 15 is 0 Å². The molecule has 1 aromatic heterocycles. The number of hydrogen-bond donors (Lipinski definition) is 0. The fourth-order valence-electron chi connectivity index (χ4n) is 4.19. The van der Waals surface area contributed by atoms with Gasteiger partial charge in [-0.3, -0.25) is 4.57 Å². The van der Waals surface area contributed by atoms with E-state index in [1.165, 1.54) is 5.56 Å². The summed E-state index contributed by atoms with van der Waals surface area (Å²) in [5.41, 5.74) is 3.30. The molecule has 0 amide bonds. The molecule has 0 bridgehead atoms. The lowest BCUT2D eigenvalue weighted by Gasteiger charge is -2.16. The lowest BCUT2D eigenvalue weighted by molar-refractivity contribution is 0.414. The monoisotopic (exact) mass is 515 g/mol. The molecule has 0 unspecified atom stereocenters. The van der Waals surface area contributed by atoms with Crippen LogP contribution in [0.5, 0.6) is 11.5 Å². The number of aromatic nitrogens is 3. The van der Waals surface area contributed by atoms with Gasteiger partial charge in [0.2, 0.25) is 0 Å². The van der Waals surface area contributed by atoms with Gasteiger partial charge < -0.3 is 9.47 Å². The van der Waals surface area contributed by atoms with E-state index < -0.39 is 0 Å². The second kappa shape index (κ2) is 10.6. The fraction of sp³-hybridized carbons (Fsp3) is 0.172. The number of fused-ring (bicyclic) bond motifs is 1. The topological polar surface area (TPSA) is 49.2 Å². The first kappa shape index (κ1) is 24.2. The van der Waals surface area contributed by atoms with Gasteiger partial charge in [0.15, 0.2) is 5.16 Å². The summed E-state index contributed by atoms with van der Waals surface area (Å²) >= 11 is 7.84. The molecule has 4 aromatic carbocycles. The number of benzene rings is 4. The van der Waals surface area contributed by atoms with E-state index in [2.05, 4.69) is 52.0 Å². The summed E-state index contributed by atoms with van der Waals surface area (Å²) in [5.74, 6) is 3.33. The zero-order valence-corrected chi connectivity index (χ0v) is 21.9. The van der Waals surface area contributed by atoms with Crippen molar-refractivity contribution < 1.29 is 9.47 Å². The molecule has 0 radical (unpaired) electrons. The van der Waals surface area contributed by atoms with Crippen molar-refractivity contribution in [2.24, 2.45) is 0 Å². The van der Waals surface area contributed by atoms with Crippen LogP contribution < -0.4 is 9.47 Å². The SMILES string of the molecule is COc1cccc(CSc2nnc([C@@H](C)c3ccc4cc(OC)ccc4c3)n2-c2ccc(Cl)cc2)c1. The quantitative estimate of drug-likeness (QED) is 0.200. The Balaban J connectivity index is 1.51. The Bertz CT molecular complexity index is 1500. The van der Waals surface area contributed by atoms with E-state index in [0.29, 0.717) is 5.02 Å². The Morgan fingerprint density at radius 3 is 2.33 bits per heavy atom. The number of halogens is 1. The highest BCUT2D eigenvalue weighted by Gasteiger charge is 2.21. The maximum Gasteiger partial charge on any atom is 0.196 e. The summed E-state index contributed by atoms with van der Waals surface area (Å²) in [5, 5.41) is 13.1. The van der Waals surface area contributed by atoms with Gasteiger partial charge in [0.1, 0.15) is 17.3 Å². The Kier molecular flexibility index (Phi) is 7.16. The van der Waals surface area contributed by atoms with Crippen molar-refractivity contribution >= 4 is 34.1 Å². The van der Waals surface area contributed by atoms with Crippen LogP contribution in [-0.4, -0.2) is 29.0 Å². The van der Waals surface area contributed by atoms with Crippen LogP contribution in [0.4, 0.5) is 0 Å². The van der Waals surface area contributed by atoms with Crippen LogP contribution >= 0.6 is 23.4 Å². The van der Waals surface area contributed by atoms with E-state index in [0.717, 1.165) is 50.3 Å². The largest absolute Gasteiger partial charge is 0.497 e. The van der Waals surface area contributed by atoms with Gasteiger partial charge in [-0.25, -0.2) is 0 Å². The van der Waals surface area contributed by atoms with Gasteiger partial charge in [-0.1, -0.05) is 66.7 Å². The van der Waals surface area contributed by atoms with Crippen molar-refractivity contribution in [1.29, 1.82) is 0 Å². The minimum atomic E-state index is 0.0193. The standard InChI is InChI=1S/C29H26ClN3O2S/c1-19(21-7-8-23-17-27(35-3)14-9-22(23)16-21)28-31-32-29(33(28)25-12-10-24(30)11-13-25)36-18-20-5-4-6-26(15-20)34-2/h4-17,19H,18H2,1-3H3/t19-/m0/s1. The number of ether oxygens (including phenoxy) is 2. The normalized spacial score (nSPS) is 12.0. The van der Waals surface area contributed by atoms with Gasteiger partial charge >= 0.3 is 0 Å². The van der Waals surface area contributed by atoms with Gasteiger partial charge in [0.05, 0.1) is 14.2 Å².